The molecule has 2 heterocycles. The lowest BCUT2D eigenvalue weighted by Crippen LogP contribution is -2.53. The van der Waals surface area contributed by atoms with Crippen molar-refractivity contribution < 1.29 is 4.79 Å². The number of hydrogen-bond donors (Lipinski definition) is 1. The number of thiazole rings is 1. The number of nitrogens with zero attached hydrogens (tertiary/aromatic N) is 4. The molecule has 6 nitrogen and oxygen atoms in total. The SMILES string of the molecule is CCNC(=NCc1nc(C)c(C)s1)N1CCN(C(C)=O)CC1.I. The predicted molar refractivity (Wildman–Crippen MR) is 106 cm³/mol. The van der Waals surface area contributed by atoms with Crippen molar-refractivity contribution >= 4 is 47.2 Å². The second-order valence-electron chi connectivity index (χ2n) is 5.41. The molecule has 0 aliphatic carbocycles. The van der Waals surface area contributed by atoms with E-state index >= 15 is 0 Å². The van der Waals surface area contributed by atoms with Crippen LogP contribution in [0.4, 0.5) is 0 Å². The number of carbonyl (C=O) groups is 1. The molecule has 0 bridgehead atoms. The van der Waals surface area contributed by atoms with Gasteiger partial charge in [-0.1, -0.05) is 0 Å². The minimum atomic E-state index is 0. The number of carbonyl (C=O) groups excluding carboxylic acids is 1. The molecule has 0 atom stereocenters. The van der Waals surface area contributed by atoms with Crippen molar-refractivity contribution in [1.82, 2.24) is 20.1 Å². The summed E-state index contributed by atoms with van der Waals surface area (Å²) in [7, 11) is 0. The van der Waals surface area contributed by atoms with Crippen LogP contribution in [-0.4, -0.2) is 59.4 Å². The van der Waals surface area contributed by atoms with E-state index in [1.165, 1.54) is 4.88 Å². The number of hydrogen-bond acceptors (Lipinski definition) is 4. The maximum absolute atomic E-state index is 11.4. The van der Waals surface area contributed by atoms with Crippen molar-refractivity contribution in [3.05, 3.63) is 15.6 Å². The smallest absolute Gasteiger partial charge is 0.219 e. The molecular formula is C15H26IN5OS. The predicted octanol–water partition coefficient (Wildman–Crippen LogP) is 2.01. The topological polar surface area (TPSA) is 60.8 Å². The lowest BCUT2D eigenvalue weighted by molar-refractivity contribution is -0.130. The first-order valence-corrected chi connectivity index (χ1v) is 8.54. The number of rotatable bonds is 3. The molecular weight excluding hydrogens is 425 g/mol. The molecule has 1 aliphatic rings. The summed E-state index contributed by atoms with van der Waals surface area (Å²) in [4.78, 5) is 26.0. The van der Waals surface area contributed by atoms with Crippen LogP contribution >= 0.6 is 35.3 Å². The van der Waals surface area contributed by atoms with Gasteiger partial charge < -0.3 is 15.1 Å². The highest BCUT2D eigenvalue weighted by Crippen LogP contribution is 2.17. The second kappa shape index (κ2) is 9.41. The van der Waals surface area contributed by atoms with Gasteiger partial charge in [0, 0.05) is 44.5 Å². The van der Waals surface area contributed by atoms with Gasteiger partial charge in [0.05, 0.1) is 12.2 Å². The van der Waals surface area contributed by atoms with Crippen molar-refractivity contribution in [2.75, 3.05) is 32.7 Å². The summed E-state index contributed by atoms with van der Waals surface area (Å²) in [5.41, 5.74) is 1.09. The van der Waals surface area contributed by atoms with Crippen LogP contribution < -0.4 is 5.32 Å². The number of nitrogens with one attached hydrogen (secondary N) is 1. The summed E-state index contributed by atoms with van der Waals surface area (Å²) >= 11 is 1.71. The van der Waals surface area contributed by atoms with Crippen molar-refractivity contribution in [1.29, 1.82) is 0 Å². The Bertz CT molecular complexity index is 533. The second-order valence-corrected chi connectivity index (χ2v) is 6.70. The van der Waals surface area contributed by atoms with Crippen LogP contribution in [0.5, 0.6) is 0 Å². The normalized spacial score (nSPS) is 15.4. The zero-order valence-corrected chi connectivity index (χ0v) is 17.4. The maximum atomic E-state index is 11.4. The van der Waals surface area contributed by atoms with E-state index in [0.717, 1.165) is 49.4 Å². The average Bonchev–Trinajstić information content (AvgIpc) is 2.82. The Labute approximate surface area is 159 Å². The first-order valence-electron chi connectivity index (χ1n) is 7.73. The van der Waals surface area contributed by atoms with Crippen LogP contribution in [0, 0.1) is 13.8 Å². The standard InChI is InChI=1S/C15H25N5OS.HI/c1-5-16-15(17-10-14-18-11(2)12(3)22-14)20-8-6-19(7-9-20)13(4)21;/h5-10H2,1-4H3,(H,16,17);1H. The molecule has 1 aromatic heterocycles. The van der Waals surface area contributed by atoms with Gasteiger partial charge in [-0.25, -0.2) is 9.98 Å². The van der Waals surface area contributed by atoms with Gasteiger partial charge in [0.1, 0.15) is 5.01 Å². The summed E-state index contributed by atoms with van der Waals surface area (Å²) in [6, 6.07) is 0. The fourth-order valence-electron chi connectivity index (χ4n) is 2.41. The Morgan fingerprint density at radius 1 is 1.26 bits per heavy atom. The van der Waals surface area contributed by atoms with Crippen LogP contribution in [0.3, 0.4) is 0 Å². The minimum Gasteiger partial charge on any atom is -0.357 e. The molecule has 2 rings (SSSR count). The zero-order valence-electron chi connectivity index (χ0n) is 14.3. The largest absolute Gasteiger partial charge is 0.357 e. The van der Waals surface area contributed by atoms with Gasteiger partial charge in [0.15, 0.2) is 5.96 Å². The molecule has 1 fully saturated rings. The van der Waals surface area contributed by atoms with Gasteiger partial charge in [0.2, 0.25) is 5.91 Å². The molecule has 0 saturated carbocycles. The van der Waals surface area contributed by atoms with Gasteiger partial charge in [-0.3, -0.25) is 4.79 Å². The third-order valence-corrected chi connectivity index (χ3v) is 4.85. The quantitative estimate of drug-likeness (QED) is 0.434. The fourth-order valence-corrected chi connectivity index (χ4v) is 3.27. The third-order valence-electron chi connectivity index (χ3n) is 3.80. The van der Waals surface area contributed by atoms with Gasteiger partial charge in [-0.05, 0) is 20.8 Å². The summed E-state index contributed by atoms with van der Waals surface area (Å²) in [6.45, 7) is 12.4. The van der Waals surface area contributed by atoms with Crippen LogP contribution in [0.15, 0.2) is 4.99 Å². The number of aliphatic imine (C=N–C) groups is 1. The highest BCUT2D eigenvalue weighted by molar-refractivity contribution is 14.0. The molecule has 0 unspecified atom stereocenters. The fraction of sp³-hybridized carbons (Fsp3) is 0.667. The molecule has 0 spiro atoms. The van der Waals surface area contributed by atoms with E-state index in [-0.39, 0.29) is 29.9 Å². The molecule has 1 amide bonds. The first kappa shape index (κ1) is 20.1. The Hall–Kier alpha value is -0.900. The summed E-state index contributed by atoms with van der Waals surface area (Å²) in [5.74, 6) is 1.06. The number of amides is 1. The Balaban J connectivity index is 0.00000264. The number of guanidine groups is 1. The van der Waals surface area contributed by atoms with Crippen LogP contribution in [-0.2, 0) is 11.3 Å². The third kappa shape index (κ3) is 5.59. The summed E-state index contributed by atoms with van der Waals surface area (Å²) in [5, 5.41) is 4.39. The molecule has 23 heavy (non-hydrogen) atoms. The highest BCUT2D eigenvalue weighted by atomic mass is 127. The molecule has 0 radical (unpaired) electrons. The van der Waals surface area contributed by atoms with Crippen molar-refractivity contribution in [3.63, 3.8) is 0 Å². The minimum absolute atomic E-state index is 0. The number of halogens is 1. The van der Waals surface area contributed by atoms with E-state index in [0.29, 0.717) is 6.54 Å². The number of piperazine rings is 1. The number of aromatic nitrogens is 1. The van der Waals surface area contributed by atoms with E-state index in [2.05, 4.69) is 29.0 Å². The van der Waals surface area contributed by atoms with Crippen LogP contribution in [0.1, 0.15) is 29.4 Å². The van der Waals surface area contributed by atoms with Gasteiger partial charge in [0.25, 0.3) is 0 Å². The van der Waals surface area contributed by atoms with E-state index < -0.39 is 0 Å². The van der Waals surface area contributed by atoms with Gasteiger partial charge in [-0.15, -0.1) is 35.3 Å². The number of aryl methyl sites for hydroxylation is 2. The molecule has 1 saturated heterocycles. The Morgan fingerprint density at radius 3 is 2.35 bits per heavy atom. The highest BCUT2D eigenvalue weighted by Gasteiger charge is 2.20. The molecule has 8 heteroatoms. The zero-order chi connectivity index (χ0) is 16.1. The Kier molecular flexibility index (Phi) is 8.24. The molecule has 1 N–H and O–H groups in total. The summed E-state index contributed by atoms with van der Waals surface area (Å²) in [6.07, 6.45) is 0. The monoisotopic (exact) mass is 451 g/mol. The van der Waals surface area contributed by atoms with Crippen LogP contribution in [0.2, 0.25) is 0 Å². The van der Waals surface area contributed by atoms with E-state index in [1.807, 2.05) is 11.8 Å². The van der Waals surface area contributed by atoms with Crippen LogP contribution in [0.25, 0.3) is 0 Å². The molecule has 1 aliphatic heterocycles. The average molecular weight is 451 g/mol. The van der Waals surface area contributed by atoms with Crippen molar-refractivity contribution in [2.45, 2.75) is 34.2 Å². The molecule has 0 aromatic carbocycles. The Morgan fingerprint density at radius 2 is 1.87 bits per heavy atom. The van der Waals surface area contributed by atoms with E-state index in [1.54, 1.807) is 18.3 Å². The molecule has 130 valence electrons. The first-order chi connectivity index (χ1) is 10.5. The lowest BCUT2D eigenvalue weighted by Gasteiger charge is -2.36. The van der Waals surface area contributed by atoms with Crippen molar-refractivity contribution in [3.8, 4) is 0 Å². The lowest BCUT2D eigenvalue weighted by atomic mass is 10.3. The van der Waals surface area contributed by atoms with Crippen molar-refractivity contribution in [2.24, 2.45) is 4.99 Å². The molecule has 1 aromatic rings. The van der Waals surface area contributed by atoms with E-state index in [9.17, 15) is 4.79 Å². The van der Waals surface area contributed by atoms with E-state index in [4.69, 9.17) is 4.99 Å². The van der Waals surface area contributed by atoms with Gasteiger partial charge >= 0.3 is 0 Å². The summed E-state index contributed by atoms with van der Waals surface area (Å²) < 4.78 is 0. The maximum Gasteiger partial charge on any atom is 0.219 e. The van der Waals surface area contributed by atoms with Gasteiger partial charge in [-0.2, -0.15) is 0 Å².